The van der Waals surface area contributed by atoms with Crippen LogP contribution in [-0.4, -0.2) is 30.5 Å². The Morgan fingerprint density at radius 1 is 1.09 bits per heavy atom. The fourth-order valence-electron chi connectivity index (χ4n) is 3.52. The van der Waals surface area contributed by atoms with Gasteiger partial charge in [0.2, 0.25) is 15.0 Å². The Hall–Kier alpha value is -3.69. The van der Waals surface area contributed by atoms with Gasteiger partial charge >= 0.3 is 0 Å². The first kappa shape index (κ1) is 24.4. The normalized spacial score (nSPS) is 11.3. The molecule has 4 rings (SSSR count). The highest BCUT2D eigenvalue weighted by atomic mass is 35.5. The fraction of sp³-hybridized carbons (Fsp3) is 0.160. The number of nitrogens with one attached hydrogen (secondary N) is 1. The SMILES string of the molecule is Cc1cccc(NC(=O)c2nc(S(C)(=O)=O)ncc2N(Cc2cccc(Cl)c2)Cc2ccco2)c1. The molecule has 35 heavy (non-hydrogen) atoms. The van der Waals surface area contributed by atoms with Crippen LogP contribution in [0.3, 0.4) is 0 Å². The second-order valence-electron chi connectivity index (χ2n) is 8.05. The van der Waals surface area contributed by atoms with E-state index in [0.717, 1.165) is 17.4 Å². The molecule has 10 heteroatoms. The third-order valence-electron chi connectivity index (χ3n) is 5.10. The molecule has 180 valence electrons. The van der Waals surface area contributed by atoms with Crippen LogP contribution in [0.5, 0.6) is 0 Å². The van der Waals surface area contributed by atoms with Crippen LogP contribution >= 0.6 is 11.6 Å². The van der Waals surface area contributed by atoms with Crippen molar-refractivity contribution in [2.45, 2.75) is 25.2 Å². The molecule has 0 unspecified atom stereocenters. The van der Waals surface area contributed by atoms with E-state index in [1.165, 1.54) is 6.20 Å². The van der Waals surface area contributed by atoms with Crippen molar-refractivity contribution in [3.63, 3.8) is 0 Å². The largest absolute Gasteiger partial charge is 0.467 e. The number of hydrogen-bond donors (Lipinski definition) is 1. The number of aromatic nitrogens is 2. The number of nitrogens with zero attached hydrogens (tertiary/aromatic N) is 3. The van der Waals surface area contributed by atoms with Gasteiger partial charge in [-0.05, 0) is 54.4 Å². The fourth-order valence-corrected chi connectivity index (χ4v) is 4.24. The second-order valence-corrected chi connectivity index (χ2v) is 10.4. The topological polar surface area (TPSA) is 105 Å². The van der Waals surface area contributed by atoms with Crippen LogP contribution < -0.4 is 10.2 Å². The third-order valence-corrected chi connectivity index (χ3v) is 6.20. The summed E-state index contributed by atoms with van der Waals surface area (Å²) in [6, 6.07) is 18.2. The zero-order chi connectivity index (χ0) is 25.0. The van der Waals surface area contributed by atoms with Crippen molar-refractivity contribution in [3.05, 3.63) is 101 Å². The predicted molar refractivity (Wildman–Crippen MR) is 134 cm³/mol. The summed E-state index contributed by atoms with van der Waals surface area (Å²) < 4.78 is 29.9. The molecule has 2 aromatic carbocycles. The van der Waals surface area contributed by atoms with E-state index in [1.807, 2.05) is 54.3 Å². The first-order valence-corrected chi connectivity index (χ1v) is 12.9. The number of amides is 1. The zero-order valence-corrected chi connectivity index (χ0v) is 20.7. The molecule has 0 fully saturated rings. The summed E-state index contributed by atoms with van der Waals surface area (Å²) in [4.78, 5) is 23.4. The second kappa shape index (κ2) is 10.3. The molecule has 1 N–H and O–H groups in total. The monoisotopic (exact) mass is 510 g/mol. The molecule has 0 radical (unpaired) electrons. The Kier molecular flexibility index (Phi) is 7.18. The van der Waals surface area contributed by atoms with Crippen LogP contribution in [0.25, 0.3) is 0 Å². The minimum Gasteiger partial charge on any atom is -0.467 e. The Morgan fingerprint density at radius 2 is 1.89 bits per heavy atom. The molecule has 0 saturated carbocycles. The van der Waals surface area contributed by atoms with Crippen molar-refractivity contribution < 1.29 is 17.6 Å². The molecule has 4 aromatic rings. The lowest BCUT2D eigenvalue weighted by Crippen LogP contribution is -2.27. The van der Waals surface area contributed by atoms with E-state index in [0.29, 0.717) is 28.7 Å². The maximum atomic E-state index is 13.4. The minimum atomic E-state index is -3.75. The first-order chi connectivity index (χ1) is 16.7. The molecular formula is C25H23ClN4O4S. The summed E-state index contributed by atoms with van der Waals surface area (Å²) in [5, 5.41) is 2.95. The number of sulfone groups is 1. The van der Waals surface area contributed by atoms with Crippen molar-refractivity contribution in [1.29, 1.82) is 0 Å². The molecular weight excluding hydrogens is 488 g/mol. The van der Waals surface area contributed by atoms with Gasteiger partial charge in [0.1, 0.15) is 5.76 Å². The van der Waals surface area contributed by atoms with Gasteiger partial charge in [0.05, 0.1) is 24.7 Å². The van der Waals surface area contributed by atoms with Crippen LogP contribution in [0.15, 0.2) is 82.7 Å². The van der Waals surface area contributed by atoms with Gasteiger partial charge in [0.25, 0.3) is 5.91 Å². The highest BCUT2D eigenvalue weighted by Crippen LogP contribution is 2.26. The summed E-state index contributed by atoms with van der Waals surface area (Å²) in [6.45, 7) is 2.53. The summed E-state index contributed by atoms with van der Waals surface area (Å²) in [6.07, 6.45) is 3.90. The number of furan rings is 1. The van der Waals surface area contributed by atoms with Gasteiger partial charge in [-0.25, -0.2) is 18.4 Å². The van der Waals surface area contributed by atoms with Crippen LogP contribution in [0, 0.1) is 6.92 Å². The molecule has 0 bridgehead atoms. The van der Waals surface area contributed by atoms with Crippen LogP contribution in [0.4, 0.5) is 11.4 Å². The molecule has 0 atom stereocenters. The Balaban J connectivity index is 1.79. The highest BCUT2D eigenvalue weighted by molar-refractivity contribution is 7.90. The Bertz CT molecular complexity index is 1460. The Morgan fingerprint density at radius 3 is 2.57 bits per heavy atom. The van der Waals surface area contributed by atoms with Crippen LogP contribution in [0.1, 0.15) is 27.4 Å². The van der Waals surface area contributed by atoms with Gasteiger partial charge in [-0.1, -0.05) is 35.9 Å². The molecule has 0 aliphatic rings. The van der Waals surface area contributed by atoms with Crippen molar-refractivity contribution in [1.82, 2.24) is 9.97 Å². The lowest BCUT2D eigenvalue weighted by Gasteiger charge is -2.25. The molecule has 0 spiro atoms. The van der Waals surface area contributed by atoms with Gasteiger partial charge in [-0.2, -0.15) is 0 Å². The molecule has 2 heterocycles. The number of rotatable bonds is 8. The van der Waals surface area contributed by atoms with E-state index >= 15 is 0 Å². The maximum Gasteiger partial charge on any atom is 0.276 e. The van der Waals surface area contributed by atoms with Gasteiger partial charge < -0.3 is 14.6 Å². The maximum absolute atomic E-state index is 13.4. The number of aryl methyl sites for hydroxylation is 1. The van der Waals surface area contributed by atoms with Crippen molar-refractivity contribution in [2.75, 3.05) is 16.5 Å². The van der Waals surface area contributed by atoms with E-state index in [4.69, 9.17) is 16.0 Å². The Labute approximate surface area is 208 Å². The molecule has 0 aliphatic heterocycles. The lowest BCUT2D eigenvalue weighted by molar-refractivity contribution is 0.102. The average Bonchev–Trinajstić information content (AvgIpc) is 3.31. The van der Waals surface area contributed by atoms with E-state index in [1.54, 1.807) is 24.5 Å². The molecule has 8 nitrogen and oxygen atoms in total. The summed E-state index contributed by atoms with van der Waals surface area (Å²) in [7, 11) is -3.75. The van der Waals surface area contributed by atoms with Gasteiger partial charge in [-0.3, -0.25) is 4.79 Å². The van der Waals surface area contributed by atoms with Crippen molar-refractivity contribution in [3.8, 4) is 0 Å². The summed E-state index contributed by atoms with van der Waals surface area (Å²) in [5.41, 5.74) is 2.67. The number of benzene rings is 2. The number of carbonyl (C=O) groups is 1. The number of anilines is 2. The molecule has 2 aromatic heterocycles. The van der Waals surface area contributed by atoms with Crippen molar-refractivity contribution in [2.24, 2.45) is 0 Å². The van der Waals surface area contributed by atoms with Gasteiger partial charge in [-0.15, -0.1) is 0 Å². The lowest BCUT2D eigenvalue weighted by atomic mass is 10.1. The van der Waals surface area contributed by atoms with E-state index < -0.39 is 20.9 Å². The molecule has 0 aliphatic carbocycles. The van der Waals surface area contributed by atoms with E-state index in [-0.39, 0.29) is 12.2 Å². The van der Waals surface area contributed by atoms with E-state index in [2.05, 4.69) is 15.3 Å². The van der Waals surface area contributed by atoms with Gasteiger partial charge in [0.15, 0.2) is 5.69 Å². The van der Waals surface area contributed by atoms with Gasteiger partial charge in [0, 0.05) is 23.5 Å². The quantitative estimate of drug-likeness (QED) is 0.336. The first-order valence-electron chi connectivity index (χ1n) is 10.7. The van der Waals surface area contributed by atoms with Crippen molar-refractivity contribution >= 4 is 38.7 Å². The minimum absolute atomic E-state index is 0.0736. The standard InChI is InChI=1S/C25H23ClN4O4S/c1-17-6-3-9-20(12-17)28-24(31)23-22(14-27-25(29-23)35(2,32)33)30(16-21-10-5-11-34-21)15-18-7-4-8-19(26)13-18/h3-14H,15-16H2,1-2H3,(H,28,31). The summed E-state index contributed by atoms with van der Waals surface area (Å²) in [5.74, 6) is 0.0812. The summed E-state index contributed by atoms with van der Waals surface area (Å²) >= 11 is 6.18. The van der Waals surface area contributed by atoms with E-state index in [9.17, 15) is 13.2 Å². The average molecular weight is 511 g/mol. The molecule has 1 amide bonds. The number of carbonyl (C=O) groups excluding carboxylic acids is 1. The zero-order valence-electron chi connectivity index (χ0n) is 19.1. The van der Waals surface area contributed by atoms with Crippen LogP contribution in [-0.2, 0) is 22.9 Å². The van der Waals surface area contributed by atoms with Crippen LogP contribution in [0.2, 0.25) is 5.02 Å². The number of halogens is 1. The predicted octanol–water partition coefficient (Wildman–Crippen LogP) is 4.89. The third kappa shape index (κ3) is 6.26. The smallest absolute Gasteiger partial charge is 0.276 e. The highest BCUT2D eigenvalue weighted by Gasteiger charge is 2.24. The number of hydrogen-bond acceptors (Lipinski definition) is 7. The molecule has 0 saturated heterocycles.